The Morgan fingerprint density at radius 2 is 2.14 bits per heavy atom. The Morgan fingerprint density at radius 1 is 1.33 bits per heavy atom. The number of nitrogens with one attached hydrogen (secondary N) is 1. The molecule has 1 N–H and O–H groups in total. The first-order valence-electron chi connectivity index (χ1n) is 7.41. The highest BCUT2D eigenvalue weighted by molar-refractivity contribution is 7.13. The molecule has 2 aromatic rings. The topological polar surface area (TPSA) is 53.9 Å². The van der Waals surface area contributed by atoms with Crippen molar-refractivity contribution in [3.8, 4) is 0 Å². The van der Waals surface area contributed by atoms with Crippen molar-refractivity contribution in [1.82, 2.24) is 19.9 Å². The molecule has 1 aliphatic heterocycles. The van der Waals surface area contributed by atoms with Gasteiger partial charge >= 0.3 is 0 Å². The minimum atomic E-state index is 0.349. The number of aryl methyl sites for hydroxylation is 1. The van der Waals surface area contributed by atoms with Gasteiger partial charge in [-0.2, -0.15) is 0 Å². The molecule has 0 aliphatic carbocycles. The summed E-state index contributed by atoms with van der Waals surface area (Å²) in [5.74, 6) is 0.837. The number of aromatic nitrogens is 3. The van der Waals surface area contributed by atoms with E-state index in [2.05, 4.69) is 39.0 Å². The van der Waals surface area contributed by atoms with E-state index in [0.717, 1.165) is 35.3 Å². The van der Waals surface area contributed by atoms with Gasteiger partial charge in [0.2, 0.25) is 0 Å². The molecule has 2 aromatic heterocycles. The lowest BCUT2D eigenvalue weighted by molar-refractivity contribution is 0.202. The Labute approximate surface area is 129 Å². The molecule has 0 saturated carbocycles. The highest BCUT2D eigenvalue weighted by Gasteiger charge is 2.31. The van der Waals surface area contributed by atoms with Crippen molar-refractivity contribution in [2.75, 3.05) is 11.9 Å². The molecule has 1 aliphatic rings. The molecule has 112 valence electrons. The van der Waals surface area contributed by atoms with E-state index in [9.17, 15) is 0 Å². The average Bonchev–Trinajstić information content (AvgIpc) is 3.08. The third-order valence-corrected chi connectivity index (χ3v) is 4.72. The van der Waals surface area contributed by atoms with Crippen LogP contribution < -0.4 is 5.32 Å². The van der Waals surface area contributed by atoms with Gasteiger partial charge in [-0.15, -0.1) is 11.3 Å². The lowest BCUT2D eigenvalue weighted by atomic mass is 10.1. The first-order valence-corrected chi connectivity index (χ1v) is 8.29. The highest BCUT2D eigenvalue weighted by Crippen LogP contribution is 2.36. The van der Waals surface area contributed by atoms with Crippen LogP contribution in [-0.2, 0) is 0 Å². The summed E-state index contributed by atoms with van der Waals surface area (Å²) in [6.07, 6.45) is 5.88. The summed E-state index contributed by atoms with van der Waals surface area (Å²) in [5.41, 5.74) is 2.06. The van der Waals surface area contributed by atoms with Crippen LogP contribution in [0.3, 0.4) is 0 Å². The van der Waals surface area contributed by atoms with Crippen LogP contribution in [0.4, 0.5) is 10.9 Å². The van der Waals surface area contributed by atoms with E-state index in [1.165, 1.54) is 6.42 Å². The Kier molecular flexibility index (Phi) is 4.17. The zero-order chi connectivity index (χ0) is 14.8. The predicted molar refractivity (Wildman–Crippen MR) is 86.0 cm³/mol. The van der Waals surface area contributed by atoms with Gasteiger partial charge in [-0.1, -0.05) is 0 Å². The third kappa shape index (κ3) is 3.06. The van der Waals surface area contributed by atoms with Crippen LogP contribution in [0.25, 0.3) is 0 Å². The van der Waals surface area contributed by atoms with Crippen LogP contribution in [0.1, 0.15) is 44.1 Å². The molecule has 3 heterocycles. The first-order chi connectivity index (χ1) is 10.1. The van der Waals surface area contributed by atoms with Crippen LogP contribution in [-0.4, -0.2) is 32.4 Å². The average molecular weight is 303 g/mol. The second kappa shape index (κ2) is 6.07. The number of likely N-dealkylation sites (tertiary alicyclic amines) is 1. The van der Waals surface area contributed by atoms with Crippen LogP contribution in [0, 0.1) is 6.92 Å². The van der Waals surface area contributed by atoms with Gasteiger partial charge in [0.05, 0.1) is 11.7 Å². The molecule has 0 spiro atoms. The molecule has 0 unspecified atom stereocenters. The molecule has 0 bridgehead atoms. The van der Waals surface area contributed by atoms with Gasteiger partial charge in [0.15, 0.2) is 10.9 Å². The van der Waals surface area contributed by atoms with Crippen molar-refractivity contribution >= 4 is 22.3 Å². The van der Waals surface area contributed by atoms with Gasteiger partial charge in [0.1, 0.15) is 5.69 Å². The summed E-state index contributed by atoms with van der Waals surface area (Å²) in [6.45, 7) is 7.61. The summed E-state index contributed by atoms with van der Waals surface area (Å²) in [6, 6.07) is 0.872. The molecular weight excluding hydrogens is 282 g/mol. The van der Waals surface area contributed by atoms with Crippen molar-refractivity contribution in [2.24, 2.45) is 0 Å². The molecule has 1 atom stereocenters. The van der Waals surface area contributed by atoms with E-state index in [-0.39, 0.29) is 0 Å². The lowest BCUT2D eigenvalue weighted by Crippen LogP contribution is -2.31. The van der Waals surface area contributed by atoms with Crippen molar-refractivity contribution in [3.63, 3.8) is 0 Å². The molecule has 1 saturated heterocycles. The van der Waals surface area contributed by atoms with E-state index in [1.54, 1.807) is 23.7 Å². The van der Waals surface area contributed by atoms with Gasteiger partial charge in [-0.05, 0) is 40.2 Å². The van der Waals surface area contributed by atoms with E-state index < -0.39 is 0 Å². The molecule has 6 heteroatoms. The number of nitrogens with zero attached hydrogens (tertiary/aromatic N) is 4. The SMILES string of the molecule is Cc1csc(Nc2nccnc2[C@@H]2CCCN2C(C)C)n1. The quantitative estimate of drug-likeness (QED) is 0.936. The molecule has 21 heavy (non-hydrogen) atoms. The molecule has 0 radical (unpaired) electrons. The second-order valence-electron chi connectivity index (χ2n) is 5.70. The normalized spacial score (nSPS) is 19.3. The molecule has 1 fully saturated rings. The van der Waals surface area contributed by atoms with E-state index in [0.29, 0.717) is 12.1 Å². The number of anilines is 2. The molecule has 0 aromatic carbocycles. The van der Waals surface area contributed by atoms with Crippen LogP contribution in [0.15, 0.2) is 17.8 Å². The number of rotatable bonds is 4. The van der Waals surface area contributed by atoms with Crippen molar-refractivity contribution < 1.29 is 0 Å². The standard InChI is InChI=1S/C15H21N5S/c1-10(2)20-8-4-5-12(20)13-14(17-7-6-16-13)19-15-18-11(3)9-21-15/h6-7,9-10,12H,4-5,8H2,1-3H3,(H,17,18,19)/t12-/m0/s1. The summed E-state index contributed by atoms with van der Waals surface area (Å²) in [4.78, 5) is 16.1. The first kappa shape index (κ1) is 14.4. The minimum absolute atomic E-state index is 0.349. The largest absolute Gasteiger partial charge is 0.315 e. The maximum absolute atomic E-state index is 4.61. The van der Waals surface area contributed by atoms with Gasteiger partial charge in [-0.3, -0.25) is 9.88 Å². The molecule has 0 amide bonds. The van der Waals surface area contributed by atoms with Crippen molar-refractivity contribution in [3.05, 3.63) is 29.2 Å². The van der Waals surface area contributed by atoms with Crippen molar-refractivity contribution in [1.29, 1.82) is 0 Å². The molecule has 3 rings (SSSR count). The fourth-order valence-corrected chi connectivity index (χ4v) is 3.59. The van der Waals surface area contributed by atoms with Crippen LogP contribution in [0.2, 0.25) is 0 Å². The maximum atomic E-state index is 4.61. The van der Waals surface area contributed by atoms with E-state index >= 15 is 0 Å². The Bertz CT molecular complexity index is 610. The minimum Gasteiger partial charge on any atom is -0.315 e. The zero-order valence-electron chi connectivity index (χ0n) is 12.7. The number of hydrogen-bond acceptors (Lipinski definition) is 6. The van der Waals surface area contributed by atoms with Gasteiger partial charge < -0.3 is 5.32 Å². The van der Waals surface area contributed by atoms with Crippen molar-refractivity contribution in [2.45, 2.75) is 45.7 Å². The van der Waals surface area contributed by atoms with Crippen LogP contribution in [0.5, 0.6) is 0 Å². The Morgan fingerprint density at radius 3 is 2.86 bits per heavy atom. The predicted octanol–water partition coefficient (Wildman–Crippen LogP) is 3.53. The molecular formula is C15H21N5S. The Hall–Kier alpha value is -1.53. The smallest absolute Gasteiger partial charge is 0.188 e. The van der Waals surface area contributed by atoms with Gasteiger partial charge in [0, 0.05) is 23.8 Å². The van der Waals surface area contributed by atoms with Gasteiger partial charge in [0.25, 0.3) is 0 Å². The maximum Gasteiger partial charge on any atom is 0.188 e. The summed E-state index contributed by atoms with van der Waals surface area (Å²) < 4.78 is 0. The monoisotopic (exact) mass is 303 g/mol. The second-order valence-corrected chi connectivity index (χ2v) is 6.56. The van der Waals surface area contributed by atoms with E-state index in [4.69, 9.17) is 0 Å². The number of thiazole rings is 1. The fraction of sp³-hybridized carbons (Fsp3) is 0.533. The summed E-state index contributed by atoms with van der Waals surface area (Å²) in [5, 5.41) is 6.25. The van der Waals surface area contributed by atoms with E-state index in [1.807, 2.05) is 12.3 Å². The lowest BCUT2D eigenvalue weighted by Gasteiger charge is -2.28. The third-order valence-electron chi connectivity index (χ3n) is 3.84. The summed E-state index contributed by atoms with van der Waals surface area (Å²) >= 11 is 1.60. The molecule has 5 nitrogen and oxygen atoms in total. The fourth-order valence-electron chi connectivity index (χ4n) is 2.90. The van der Waals surface area contributed by atoms with Crippen LogP contribution >= 0.6 is 11.3 Å². The summed E-state index contributed by atoms with van der Waals surface area (Å²) in [7, 11) is 0. The zero-order valence-corrected chi connectivity index (χ0v) is 13.5. The Balaban J connectivity index is 1.88. The van der Waals surface area contributed by atoms with Gasteiger partial charge in [-0.25, -0.2) is 9.97 Å². The highest BCUT2D eigenvalue weighted by atomic mass is 32.1. The number of hydrogen-bond donors (Lipinski definition) is 1.